The summed E-state index contributed by atoms with van der Waals surface area (Å²) >= 11 is 0. The molecule has 1 aliphatic rings. The van der Waals surface area contributed by atoms with Crippen molar-refractivity contribution in [1.82, 2.24) is 5.32 Å². The Bertz CT molecular complexity index is 216. The number of carboxylic acid groups (broad SMARTS) is 1. The standard InChI is InChI=1S/C11H21NO4/c1-15-7-3-8-16-9-6-12-11(10(13)14)4-2-5-11/h12H,2-9H2,1H3,(H,13,14). The number of carbonyl (C=O) groups is 1. The fourth-order valence-corrected chi connectivity index (χ4v) is 1.77. The van der Waals surface area contributed by atoms with E-state index in [1.165, 1.54) is 0 Å². The molecule has 0 aliphatic heterocycles. The second-order valence-corrected chi connectivity index (χ2v) is 4.13. The first-order valence-electron chi connectivity index (χ1n) is 5.76. The highest BCUT2D eigenvalue weighted by Crippen LogP contribution is 2.31. The zero-order valence-electron chi connectivity index (χ0n) is 9.83. The monoisotopic (exact) mass is 231 g/mol. The van der Waals surface area contributed by atoms with Crippen LogP contribution >= 0.6 is 0 Å². The summed E-state index contributed by atoms with van der Waals surface area (Å²) in [6, 6.07) is 0. The summed E-state index contributed by atoms with van der Waals surface area (Å²) < 4.78 is 10.2. The Morgan fingerprint density at radius 1 is 1.38 bits per heavy atom. The quantitative estimate of drug-likeness (QED) is 0.570. The van der Waals surface area contributed by atoms with Gasteiger partial charge >= 0.3 is 5.97 Å². The third-order valence-electron chi connectivity index (χ3n) is 2.96. The van der Waals surface area contributed by atoms with Crippen LogP contribution in [-0.2, 0) is 14.3 Å². The van der Waals surface area contributed by atoms with Crippen molar-refractivity contribution in [3.05, 3.63) is 0 Å². The maximum absolute atomic E-state index is 11.0. The van der Waals surface area contributed by atoms with Crippen molar-refractivity contribution in [2.24, 2.45) is 0 Å². The zero-order valence-corrected chi connectivity index (χ0v) is 9.83. The molecule has 0 spiro atoms. The van der Waals surface area contributed by atoms with E-state index >= 15 is 0 Å². The van der Waals surface area contributed by atoms with E-state index in [2.05, 4.69) is 5.32 Å². The fourth-order valence-electron chi connectivity index (χ4n) is 1.77. The molecular weight excluding hydrogens is 210 g/mol. The maximum Gasteiger partial charge on any atom is 0.323 e. The van der Waals surface area contributed by atoms with Crippen molar-refractivity contribution < 1.29 is 19.4 Å². The smallest absolute Gasteiger partial charge is 0.323 e. The molecule has 0 radical (unpaired) electrons. The summed E-state index contributed by atoms with van der Waals surface area (Å²) in [4.78, 5) is 11.0. The van der Waals surface area contributed by atoms with E-state index in [0.29, 0.717) is 26.4 Å². The molecule has 16 heavy (non-hydrogen) atoms. The average Bonchev–Trinajstić information content (AvgIpc) is 2.19. The molecular formula is C11H21NO4. The summed E-state index contributed by atoms with van der Waals surface area (Å²) in [7, 11) is 1.66. The van der Waals surface area contributed by atoms with E-state index in [1.807, 2.05) is 0 Å². The molecule has 1 saturated carbocycles. The molecule has 1 aliphatic carbocycles. The van der Waals surface area contributed by atoms with Gasteiger partial charge in [-0.2, -0.15) is 0 Å². The van der Waals surface area contributed by atoms with E-state index in [0.717, 1.165) is 25.7 Å². The molecule has 0 saturated heterocycles. The normalized spacial score (nSPS) is 18.1. The first-order chi connectivity index (χ1) is 7.71. The van der Waals surface area contributed by atoms with Gasteiger partial charge in [-0.15, -0.1) is 0 Å². The molecule has 0 aromatic rings. The van der Waals surface area contributed by atoms with Crippen LogP contribution in [-0.4, -0.2) is 50.1 Å². The molecule has 1 rings (SSSR count). The highest BCUT2D eigenvalue weighted by atomic mass is 16.5. The predicted molar refractivity (Wildman–Crippen MR) is 59.5 cm³/mol. The lowest BCUT2D eigenvalue weighted by Crippen LogP contribution is -2.57. The van der Waals surface area contributed by atoms with Crippen LogP contribution in [0, 0.1) is 0 Å². The summed E-state index contributed by atoms with van der Waals surface area (Å²) in [5, 5.41) is 12.1. The van der Waals surface area contributed by atoms with Gasteiger partial charge in [0, 0.05) is 26.9 Å². The molecule has 94 valence electrons. The van der Waals surface area contributed by atoms with E-state index in [4.69, 9.17) is 14.6 Å². The molecule has 0 amide bonds. The van der Waals surface area contributed by atoms with Crippen molar-refractivity contribution in [2.75, 3.05) is 33.5 Å². The average molecular weight is 231 g/mol. The Kier molecular flexibility index (Phi) is 5.73. The van der Waals surface area contributed by atoms with Gasteiger partial charge in [0.1, 0.15) is 5.54 Å². The van der Waals surface area contributed by atoms with E-state index in [-0.39, 0.29) is 0 Å². The molecule has 0 aromatic heterocycles. The van der Waals surface area contributed by atoms with Gasteiger partial charge in [-0.25, -0.2) is 0 Å². The minimum atomic E-state index is -0.738. The van der Waals surface area contributed by atoms with Crippen LogP contribution in [0.15, 0.2) is 0 Å². The molecule has 2 N–H and O–H groups in total. The number of rotatable bonds is 9. The number of methoxy groups -OCH3 is 1. The summed E-state index contributed by atoms with van der Waals surface area (Å²) in [5.41, 5.74) is -0.671. The number of ether oxygens (including phenoxy) is 2. The maximum atomic E-state index is 11.0. The van der Waals surface area contributed by atoms with Gasteiger partial charge in [-0.1, -0.05) is 0 Å². The summed E-state index contributed by atoms with van der Waals surface area (Å²) in [6.07, 6.45) is 3.33. The Labute approximate surface area is 96.1 Å². The predicted octanol–water partition coefficient (Wildman–Crippen LogP) is 0.636. The van der Waals surface area contributed by atoms with Crippen molar-refractivity contribution >= 4 is 5.97 Å². The van der Waals surface area contributed by atoms with Crippen LogP contribution in [0.2, 0.25) is 0 Å². The first kappa shape index (κ1) is 13.4. The highest BCUT2D eigenvalue weighted by molar-refractivity contribution is 5.79. The van der Waals surface area contributed by atoms with E-state index in [9.17, 15) is 4.79 Å². The van der Waals surface area contributed by atoms with E-state index in [1.54, 1.807) is 7.11 Å². The van der Waals surface area contributed by atoms with Crippen LogP contribution < -0.4 is 5.32 Å². The van der Waals surface area contributed by atoms with E-state index < -0.39 is 11.5 Å². The minimum Gasteiger partial charge on any atom is -0.480 e. The van der Waals surface area contributed by atoms with Gasteiger partial charge in [-0.05, 0) is 25.7 Å². The molecule has 0 heterocycles. The molecule has 1 fully saturated rings. The second-order valence-electron chi connectivity index (χ2n) is 4.13. The van der Waals surface area contributed by atoms with Crippen molar-refractivity contribution in [2.45, 2.75) is 31.2 Å². The number of aliphatic carboxylic acids is 1. The molecule has 0 unspecified atom stereocenters. The Hall–Kier alpha value is -0.650. The largest absolute Gasteiger partial charge is 0.480 e. The third kappa shape index (κ3) is 3.73. The Morgan fingerprint density at radius 3 is 2.62 bits per heavy atom. The Morgan fingerprint density at radius 2 is 2.12 bits per heavy atom. The highest BCUT2D eigenvalue weighted by Gasteiger charge is 2.43. The zero-order chi connectivity index (χ0) is 11.9. The van der Waals surface area contributed by atoms with Crippen LogP contribution in [0.5, 0.6) is 0 Å². The van der Waals surface area contributed by atoms with Crippen LogP contribution in [0.3, 0.4) is 0 Å². The fraction of sp³-hybridized carbons (Fsp3) is 0.909. The molecule has 5 heteroatoms. The number of hydrogen-bond donors (Lipinski definition) is 2. The van der Waals surface area contributed by atoms with Crippen molar-refractivity contribution in [3.8, 4) is 0 Å². The molecule has 5 nitrogen and oxygen atoms in total. The number of hydrogen-bond acceptors (Lipinski definition) is 4. The lowest BCUT2D eigenvalue weighted by Gasteiger charge is -2.38. The Balaban J connectivity index is 2.00. The van der Waals surface area contributed by atoms with Crippen LogP contribution in [0.4, 0.5) is 0 Å². The van der Waals surface area contributed by atoms with Gasteiger partial charge in [0.2, 0.25) is 0 Å². The summed E-state index contributed by atoms with van der Waals surface area (Å²) in [6.45, 7) is 2.51. The molecule has 0 bridgehead atoms. The van der Waals surface area contributed by atoms with Crippen LogP contribution in [0.25, 0.3) is 0 Å². The number of carboxylic acids is 1. The van der Waals surface area contributed by atoms with Gasteiger partial charge < -0.3 is 14.6 Å². The van der Waals surface area contributed by atoms with Gasteiger partial charge in [0.05, 0.1) is 6.61 Å². The van der Waals surface area contributed by atoms with Gasteiger partial charge in [0.25, 0.3) is 0 Å². The van der Waals surface area contributed by atoms with Crippen LogP contribution in [0.1, 0.15) is 25.7 Å². The third-order valence-corrected chi connectivity index (χ3v) is 2.96. The van der Waals surface area contributed by atoms with Gasteiger partial charge in [-0.3, -0.25) is 10.1 Å². The number of nitrogens with one attached hydrogen (secondary N) is 1. The first-order valence-corrected chi connectivity index (χ1v) is 5.76. The lowest BCUT2D eigenvalue weighted by molar-refractivity contribution is -0.148. The van der Waals surface area contributed by atoms with Gasteiger partial charge in [0.15, 0.2) is 0 Å². The SMILES string of the molecule is COCCCOCCNC1(C(=O)O)CCC1. The van der Waals surface area contributed by atoms with Crippen molar-refractivity contribution in [3.63, 3.8) is 0 Å². The molecule has 0 aromatic carbocycles. The lowest BCUT2D eigenvalue weighted by atomic mass is 9.77. The minimum absolute atomic E-state index is 0.554. The second kappa shape index (κ2) is 6.83. The molecule has 0 atom stereocenters. The van der Waals surface area contributed by atoms with Crippen molar-refractivity contribution in [1.29, 1.82) is 0 Å². The summed E-state index contributed by atoms with van der Waals surface area (Å²) in [5.74, 6) is -0.738. The topological polar surface area (TPSA) is 67.8 Å².